The standard InChI is InChI=1S/C11H5ClIN/c1-6-5-9-8(11(12)7(6)2)3-4-10(13)14-9/h1-5H. The van der Waals surface area contributed by atoms with Crippen LogP contribution in [0.4, 0.5) is 0 Å². The van der Waals surface area contributed by atoms with E-state index in [2.05, 4.69) is 27.6 Å². The molecular weight excluding hydrogens is 308 g/mol. The number of halogens is 2. The maximum absolute atomic E-state index is 6.04. The number of rotatable bonds is 0. The molecule has 14 heavy (non-hydrogen) atoms. The highest BCUT2D eigenvalue weighted by Crippen LogP contribution is 2.28. The van der Waals surface area contributed by atoms with Crippen molar-refractivity contribution in [2.45, 2.75) is 0 Å². The Hall–Kier alpha value is -0.350. The highest BCUT2D eigenvalue weighted by atomic mass is 127. The van der Waals surface area contributed by atoms with Gasteiger partial charge in [-0.05, 0) is 58.8 Å². The molecule has 4 radical (unpaired) electrons. The molecule has 0 aliphatic carbocycles. The second-order valence-electron chi connectivity index (χ2n) is 2.89. The highest BCUT2D eigenvalue weighted by Gasteiger charge is 2.06. The van der Waals surface area contributed by atoms with Crippen molar-refractivity contribution in [1.82, 2.24) is 4.98 Å². The number of hydrogen-bond donors (Lipinski definition) is 0. The number of pyridine rings is 1. The van der Waals surface area contributed by atoms with Crippen molar-refractivity contribution in [1.29, 1.82) is 0 Å². The van der Waals surface area contributed by atoms with E-state index in [0.29, 0.717) is 16.1 Å². The molecule has 68 valence electrons. The van der Waals surface area contributed by atoms with Gasteiger partial charge in [-0.15, -0.1) is 0 Å². The Kier molecular flexibility index (Phi) is 2.66. The van der Waals surface area contributed by atoms with Gasteiger partial charge in [0.15, 0.2) is 0 Å². The third-order valence-corrected chi connectivity index (χ3v) is 2.97. The van der Waals surface area contributed by atoms with Crippen LogP contribution < -0.4 is 0 Å². The molecule has 1 aromatic heterocycles. The number of aromatic nitrogens is 1. The minimum absolute atomic E-state index is 0.419. The van der Waals surface area contributed by atoms with Gasteiger partial charge in [0.05, 0.1) is 10.5 Å². The first-order chi connectivity index (χ1) is 6.59. The van der Waals surface area contributed by atoms with Crippen LogP contribution in [0.15, 0.2) is 18.2 Å². The summed E-state index contributed by atoms with van der Waals surface area (Å²) in [6.07, 6.45) is 0. The van der Waals surface area contributed by atoms with Crippen LogP contribution in [-0.4, -0.2) is 4.98 Å². The van der Waals surface area contributed by atoms with Crippen molar-refractivity contribution in [2.24, 2.45) is 0 Å². The Morgan fingerprint density at radius 3 is 2.71 bits per heavy atom. The maximum atomic E-state index is 6.04. The van der Waals surface area contributed by atoms with Crippen molar-refractivity contribution in [3.63, 3.8) is 0 Å². The normalized spacial score (nSPS) is 10.9. The van der Waals surface area contributed by atoms with Crippen LogP contribution in [0.1, 0.15) is 11.1 Å². The summed E-state index contributed by atoms with van der Waals surface area (Å²) >= 11 is 8.17. The van der Waals surface area contributed by atoms with E-state index in [4.69, 9.17) is 25.4 Å². The summed E-state index contributed by atoms with van der Waals surface area (Å²) in [6, 6.07) is 5.51. The first-order valence-corrected chi connectivity index (χ1v) is 5.35. The van der Waals surface area contributed by atoms with Gasteiger partial charge in [-0.2, -0.15) is 0 Å². The van der Waals surface area contributed by atoms with Gasteiger partial charge < -0.3 is 0 Å². The summed E-state index contributed by atoms with van der Waals surface area (Å²) < 4.78 is 0.898. The van der Waals surface area contributed by atoms with Gasteiger partial charge in [0.25, 0.3) is 0 Å². The van der Waals surface area contributed by atoms with E-state index in [9.17, 15) is 0 Å². The third kappa shape index (κ3) is 1.61. The van der Waals surface area contributed by atoms with Gasteiger partial charge in [0.1, 0.15) is 3.70 Å². The Bertz CT molecular complexity index is 508. The number of nitrogens with zero attached hydrogens (tertiary/aromatic N) is 1. The van der Waals surface area contributed by atoms with Crippen molar-refractivity contribution < 1.29 is 0 Å². The Labute approximate surface area is 102 Å². The molecule has 2 rings (SSSR count). The monoisotopic (exact) mass is 313 g/mol. The molecule has 2 aromatic rings. The van der Waals surface area contributed by atoms with E-state index in [-0.39, 0.29) is 0 Å². The van der Waals surface area contributed by atoms with Gasteiger partial charge in [-0.1, -0.05) is 11.6 Å². The SMILES string of the molecule is [CH]c1cc2nc(I)ccc2c(Cl)c1[CH]. The Morgan fingerprint density at radius 2 is 2.00 bits per heavy atom. The van der Waals surface area contributed by atoms with Gasteiger partial charge in [0.2, 0.25) is 0 Å². The maximum Gasteiger partial charge on any atom is 0.102 e. The quantitative estimate of drug-likeness (QED) is 0.535. The second kappa shape index (κ2) is 3.66. The lowest BCUT2D eigenvalue weighted by atomic mass is 10.1. The zero-order valence-corrected chi connectivity index (χ0v) is 10.0. The lowest BCUT2D eigenvalue weighted by molar-refractivity contribution is 1.34. The van der Waals surface area contributed by atoms with Crippen molar-refractivity contribution in [2.75, 3.05) is 0 Å². The first kappa shape index (κ1) is 10.2. The van der Waals surface area contributed by atoms with Crippen LogP contribution in [0.2, 0.25) is 5.02 Å². The van der Waals surface area contributed by atoms with Crippen LogP contribution in [0.3, 0.4) is 0 Å². The van der Waals surface area contributed by atoms with E-state index in [0.717, 1.165) is 14.6 Å². The molecular formula is C11H5ClIN. The largest absolute Gasteiger partial charge is 0.242 e. The van der Waals surface area contributed by atoms with E-state index < -0.39 is 0 Å². The minimum atomic E-state index is 0.419. The lowest BCUT2D eigenvalue weighted by Crippen LogP contribution is -1.89. The van der Waals surface area contributed by atoms with Crippen LogP contribution in [-0.2, 0) is 0 Å². The van der Waals surface area contributed by atoms with Crippen LogP contribution in [0.25, 0.3) is 10.9 Å². The summed E-state index contributed by atoms with van der Waals surface area (Å²) in [7, 11) is 0. The fourth-order valence-electron chi connectivity index (χ4n) is 1.24. The molecule has 0 spiro atoms. The number of benzene rings is 1. The molecule has 0 unspecified atom stereocenters. The highest BCUT2D eigenvalue weighted by molar-refractivity contribution is 14.1. The van der Waals surface area contributed by atoms with Crippen LogP contribution in [0, 0.1) is 17.5 Å². The van der Waals surface area contributed by atoms with E-state index in [1.807, 2.05) is 12.1 Å². The molecule has 0 N–H and O–H groups in total. The van der Waals surface area contributed by atoms with Crippen LogP contribution in [0.5, 0.6) is 0 Å². The van der Waals surface area contributed by atoms with Gasteiger partial charge in [0, 0.05) is 12.3 Å². The minimum Gasteiger partial charge on any atom is -0.242 e. The van der Waals surface area contributed by atoms with Gasteiger partial charge in [-0.3, -0.25) is 0 Å². The second-order valence-corrected chi connectivity index (χ2v) is 4.38. The van der Waals surface area contributed by atoms with Gasteiger partial charge in [-0.25, -0.2) is 4.98 Å². The number of hydrogen-bond acceptors (Lipinski definition) is 1. The fourth-order valence-corrected chi connectivity index (χ4v) is 1.95. The van der Waals surface area contributed by atoms with Crippen molar-refractivity contribution in [3.05, 3.63) is 51.9 Å². The zero-order chi connectivity index (χ0) is 10.3. The summed E-state index contributed by atoms with van der Waals surface area (Å²) in [6.45, 7) is 11.4. The molecule has 0 saturated carbocycles. The summed E-state index contributed by atoms with van der Waals surface area (Å²) in [5.41, 5.74) is 1.66. The van der Waals surface area contributed by atoms with E-state index in [1.165, 1.54) is 0 Å². The van der Waals surface area contributed by atoms with E-state index in [1.54, 1.807) is 6.07 Å². The average molecular weight is 314 g/mol. The molecule has 0 atom stereocenters. The third-order valence-electron chi connectivity index (χ3n) is 1.97. The van der Waals surface area contributed by atoms with Gasteiger partial charge >= 0.3 is 0 Å². The molecule has 3 heteroatoms. The Morgan fingerprint density at radius 1 is 1.29 bits per heavy atom. The first-order valence-electron chi connectivity index (χ1n) is 3.89. The number of fused-ring (bicyclic) bond motifs is 1. The molecule has 1 heterocycles. The molecule has 1 nitrogen and oxygen atoms in total. The molecule has 0 aliphatic heterocycles. The Balaban J connectivity index is 2.91. The average Bonchev–Trinajstić information content (AvgIpc) is 2.14. The predicted molar refractivity (Wildman–Crippen MR) is 66.3 cm³/mol. The fraction of sp³-hybridized carbons (Fsp3) is 0. The molecule has 0 fully saturated rings. The van der Waals surface area contributed by atoms with Crippen LogP contribution >= 0.6 is 34.2 Å². The smallest absolute Gasteiger partial charge is 0.102 e. The molecule has 0 bridgehead atoms. The predicted octanol–water partition coefficient (Wildman–Crippen LogP) is 3.61. The lowest BCUT2D eigenvalue weighted by Gasteiger charge is -2.06. The molecule has 0 saturated heterocycles. The summed E-state index contributed by atoms with van der Waals surface area (Å²) in [5, 5.41) is 1.31. The summed E-state index contributed by atoms with van der Waals surface area (Å²) in [4.78, 5) is 4.31. The topological polar surface area (TPSA) is 12.9 Å². The molecule has 0 amide bonds. The van der Waals surface area contributed by atoms with Crippen molar-refractivity contribution in [3.8, 4) is 0 Å². The summed E-state index contributed by atoms with van der Waals surface area (Å²) in [5.74, 6) is 0. The van der Waals surface area contributed by atoms with E-state index >= 15 is 0 Å². The molecule has 1 aromatic carbocycles. The zero-order valence-electron chi connectivity index (χ0n) is 7.09. The van der Waals surface area contributed by atoms with Crippen molar-refractivity contribution >= 4 is 45.1 Å². The molecule has 0 aliphatic rings.